The Morgan fingerprint density at radius 1 is 0.857 bits per heavy atom. The third kappa shape index (κ3) is 2.92. The quantitative estimate of drug-likeness (QED) is 0.433. The number of rotatable bonds is 3. The summed E-state index contributed by atoms with van der Waals surface area (Å²) in [6.07, 6.45) is 2.02. The molecule has 0 unspecified atom stereocenters. The van der Waals surface area contributed by atoms with Crippen LogP contribution in [0.3, 0.4) is 0 Å². The van der Waals surface area contributed by atoms with Crippen molar-refractivity contribution in [1.82, 2.24) is 15.0 Å². The smallest absolute Gasteiger partial charge is 0.140 e. The van der Waals surface area contributed by atoms with Gasteiger partial charge in [-0.3, -0.25) is 0 Å². The van der Waals surface area contributed by atoms with Crippen molar-refractivity contribution in [1.29, 1.82) is 0 Å². The topological polar surface area (TPSA) is 44.5 Å². The van der Waals surface area contributed by atoms with E-state index in [9.17, 15) is 0 Å². The third-order valence-electron chi connectivity index (χ3n) is 4.98. The van der Waals surface area contributed by atoms with Crippen LogP contribution in [0.5, 0.6) is 0 Å². The SMILES string of the molecule is Bc1ccc2[nH]cc(-c3nc(-c4ccccc4)c(-c4ccc(Cl)cc4)[nH]3)c2c1. The Labute approximate surface area is 168 Å². The maximum atomic E-state index is 6.09. The van der Waals surface area contributed by atoms with Crippen LogP contribution in [0.15, 0.2) is 79.0 Å². The Kier molecular flexibility index (Phi) is 4.07. The first-order valence-corrected chi connectivity index (χ1v) is 9.56. The van der Waals surface area contributed by atoms with E-state index in [2.05, 4.69) is 48.1 Å². The highest BCUT2D eigenvalue weighted by molar-refractivity contribution is 6.33. The molecule has 5 aromatic rings. The number of hydrogen-bond acceptors (Lipinski definition) is 1. The van der Waals surface area contributed by atoms with Gasteiger partial charge in [-0.2, -0.15) is 0 Å². The molecule has 0 aliphatic carbocycles. The van der Waals surface area contributed by atoms with E-state index in [1.54, 1.807) is 0 Å². The molecule has 3 aromatic carbocycles. The highest BCUT2D eigenvalue weighted by Crippen LogP contribution is 2.35. The zero-order chi connectivity index (χ0) is 19.1. The maximum absolute atomic E-state index is 6.09. The van der Waals surface area contributed by atoms with Gasteiger partial charge in [0.2, 0.25) is 0 Å². The molecule has 0 aliphatic rings. The first-order valence-electron chi connectivity index (χ1n) is 9.18. The number of fused-ring (bicyclic) bond motifs is 1. The van der Waals surface area contributed by atoms with Crippen molar-refractivity contribution in [2.75, 3.05) is 0 Å². The predicted molar refractivity (Wildman–Crippen MR) is 120 cm³/mol. The standard InChI is InChI=1S/C23H17BClN3/c24-16-8-11-20-18(12-16)19(13-26-20)23-27-21(14-4-2-1-3-5-14)22(28-23)15-6-9-17(25)10-7-15/h1-13,26H,24H2,(H,27,28). The van der Waals surface area contributed by atoms with Crippen molar-refractivity contribution < 1.29 is 0 Å². The highest BCUT2D eigenvalue weighted by Gasteiger charge is 2.17. The van der Waals surface area contributed by atoms with Crippen LogP contribution in [0, 0.1) is 0 Å². The minimum Gasteiger partial charge on any atom is -0.360 e. The van der Waals surface area contributed by atoms with Gasteiger partial charge in [0.15, 0.2) is 0 Å². The van der Waals surface area contributed by atoms with Crippen LogP contribution in [0.1, 0.15) is 0 Å². The number of aromatic amines is 2. The zero-order valence-corrected chi connectivity index (χ0v) is 16.1. The minimum atomic E-state index is 0.719. The average molecular weight is 382 g/mol. The first kappa shape index (κ1) is 16.9. The molecule has 2 aromatic heterocycles. The molecule has 28 heavy (non-hydrogen) atoms. The Balaban J connectivity index is 1.73. The molecule has 2 N–H and O–H groups in total. The minimum absolute atomic E-state index is 0.719. The zero-order valence-electron chi connectivity index (χ0n) is 15.3. The molecule has 0 radical (unpaired) electrons. The van der Waals surface area contributed by atoms with Gasteiger partial charge in [-0.15, -0.1) is 0 Å². The van der Waals surface area contributed by atoms with E-state index in [1.807, 2.05) is 48.7 Å². The summed E-state index contributed by atoms with van der Waals surface area (Å²) in [5.74, 6) is 0.848. The van der Waals surface area contributed by atoms with Crippen molar-refractivity contribution in [3.05, 3.63) is 84.0 Å². The lowest BCUT2D eigenvalue weighted by Gasteiger charge is -2.03. The number of aromatic nitrogens is 3. The van der Waals surface area contributed by atoms with Gasteiger partial charge in [0.1, 0.15) is 13.7 Å². The number of hydrogen-bond donors (Lipinski definition) is 2. The highest BCUT2D eigenvalue weighted by atomic mass is 35.5. The van der Waals surface area contributed by atoms with Crippen molar-refractivity contribution in [3.8, 4) is 33.9 Å². The number of nitrogens with zero attached hydrogens (tertiary/aromatic N) is 1. The fraction of sp³-hybridized carbons (Fsp3) is 0. The van der Waals surface area contributed by atoms with Crippen LogP contribution in [-0.2, 0) is 0 Å². The molecule has 0 bridgehead atoms. The lowest BCUT2D eigenvalue weighted by atomic mass is 9.94. The Bertz CT molecular complexity index is 1270. The number of benzene rings is 3. The lowest BCUT2D eigenvalue weighted by molar-refractivity contribution is 1.31. The molecule has 2 heterocycles. The third-order valence-corrected chi connectivity index (χ3v) is 5.23. The van der Waals surface area contributed by atoms with E-state index in [-0.39, 0.29) is 0 Å². The van der Waals surface area contributed by atoms with E-state index < -0.39 is 0 Å². The predicted octanol–water partition coefficient (Wildman–Crippen LogP) is 4.80. The van der Waals surface area contributed by atoms with Crippen LogP contribution in [0.25, 0.3) is 44.8 Å². The van der Waals surface area contributed by atoms with E-state index >= 15 is 0 Å². The van der Waals surface area contributed by atoms with Gasteiger partial charge in [-0.05, 0) is 18.2 Å². The van der Waals surface area contributed by atoms with Gasteiger partial charge in [0.25, 0.3) is 0 Å². The summed E-state index contributed by atoms with van der Waals surface area (Å²) in [6, 6.07) is 24.5. The van der Waals surface area contributed by atoms with Crippen LogP contribution in [-0.4, -0.2) is 22.8 Å². The molecule has 0 fully saturated rings. The molecule has 0 spiro atoms. The van der Waals surface area contributed by atoms with Gasteiger partial charge in [-0.25, -0.2) is 4.98 Å². The van der Waals surface area contributed by atoms with Gasteiger partial charge < -0.3 is 9.97 Å². The number of nitrogens with one attached hydrogen (secondary N) is 2. The van der Waals surface area contributed by atoms with E-state index in [0.717, 1.165) is 49.8 Å². The summed E-state index contributed by atoms with van der Waals surface area (Å²) < 4.78 is 0. The van der Waals surface area contributed by atoms with Crippen LogP contribution in [0.4, 0.5) is 0 Å². The largest absolute Gasteiger partial charge is 0.360 e. The molecule has 5 heteroatoms. The molecule has 0 amide bonds. The number of H-pyrrole nitrogens is 2. The van der Waals surface area contributed by atoms with E-state index in [0.29, 0.717) is 0 Å². The van der Waals surface area contributed by atoms with Crippen LogP contribution in [0.2, 0.25) is 5.02 Å². The molecule has 0 atom stereocenters. The normalized spacial score (nSPS) is 11.2. The summed E-state index contributed by atoms with van der Waals surface area (Å²) in [6.45, 7) is 0. The Hall–Kier alpha value is -3.24. The molecule has 3 nitrogen and oxygen atoms in total. The summed E-state index contributed by atoms with van der Waals surface area (Å²) in [5.41, 5.74) is 7.44. The molecule has 5 rings (SSSR count). The van der Waals surface area contributed by atoms with Crippen molar-refractivity contribution in [2.45, 2.75) is 0 Å². The summed E-state index contributed by atoms with van der Waals surface area (Å²) in [7, 11) is 2.10. The lowest BCUT2D eigenvalue weighted by Crippen LogP contribution is -1.99. The molecular formula is C23H17BClN3. The molecular weight excluding hydrogens is 365 g/mol. The van der Waals surface area contributed by atoms with Gasteiger partial charge in [0.05, 0.1) is 11.4 Å². The Morgan fingerprint density at radius 2 is 1.64 bits per heavy atom. The van der Waals surface area contributed by atoms with E-state index in [4.69, 9.17) is 16.6 Å². The van der Waals surface area contributed by atoms with E-state index in [1.165, 1.54) is 5.46 Å². The monoisotopic (exact) mass is 381 g/mol. The van der Waals surface area contributed by atoms with Crippen LogP contribution >= 0.6 is 11.6 Å². The van der Waals surface area contributed by atoms with Crippen LogP contribution < -0.4 is 5.46 Å². The van der Waals surface area contributed by atoms with Gasteiger partial charge >= 0.3 is 0 Å². The average Bonchev–Trinajstić information content (AvgIpc) is 3.33. The summed E-state index contributed by atoms with van der Waals surface area (Å²) in [5, 5.41) is 1.88. The first-order chi connectivity index (χ1) is 13.7. The summed E-state index contributed by atoms with van der Waals surface area (Å²) in [4.78, 5) is 11.9. The fourth-order valence-corrected chi connectivity index (χ4v) is 3.69. The maximum Gasteiger partial charge on any atom is 0.140 e. The molecule has 0 saturated heterocycles. The fourth-order valence-electron chi connectivity index (χ4n) is 3.56. The molecule has 0 saturated carbocycles. The van der Waals surface area contributed by atoms with Gasteiger partial charge in [-0.1, -0.05) is 71.7 Å². The second-order valence-electron chi connectivity index (χ2n) is 6.93. The molecule has 134 valence electrons. The van der Waals surface area contributed by atoms with Crippen molar-refractivity contribution >= 4 is 35.8 Å². The molecule has 0 aliphatic heterocycles. The summed E-state index contributed by atoms with van der Waals surface area (Å²) >= 11 is 6.09. The number of imidazole rings is 1. The number of halogens is 1. The van der Waals surface area contributed by atoms with Crippen molar-refractivity contribution in [3.63, 3.8) is 0 Å². The second-order valence-corrected chi connectivity index (χ2v) is 7.37. The van der Waals surface area contributed by atoms with Gasteiger partial charge in [0, 0.05) is 38.8 Å². The second kappa shape index (κ2) is 6.73. The Morgan fingerprint density at radius 3 is 2.43 bits per heavy atom. The van der Waals surface area contributed by atoms with Crippen molar-refractivity contribution in [2.24, 2.45) is 0 Å².